The number of anilines is 2. The summed E-state index contributed by atoms with van der Waals surface area (Å²) in [5.74, 6) is -4.62. The lowest BCUT2D eigenvalue weighted by atomic mass is 10.1. The first-order valence-corrected chi connectivity index (χ1v) is 10.3. The molecule has 1 atom stereocenters. The summed E-state index contributed by atoms with van der Waals surface area (Å²) >= 11 is 5.58. The van der Waals surface area contributed by atoms with Crippen LogP contribution in [0.3, 0.4) is 0 Å². The average Bonchev–Trinajstić information content (AvgIpc) is 3.11. The van der Waals surface area contributed by atoms with Crippen molar-refractivity contribution in [1.82, 2.24) is 9.88 Å². The maximum absolute atomic E-state index is 14.5. The number of pyridine rings is 1. The maximum Gasteiger partial charge on any atom is 0.416 e. The molecule has 1 aromatic heterocycles. The molecule has 1 aromatic carbocycles. The topological polar surface area (TPSA) is 83.1 Å². The molecule has 35 heavy (non-hydrogen) atoms. The summed E-state index contributed by atoms with van der Waals surface area (Å²) < 4.78 is 72.8. The molecule has 14 heteroatoms. The fourth-order valence-electron chi connectivity index (χ4n) is 3.51. The molecule has 0 radical (unpaired) electrons. The third-order valence-electron chi connectivity index (χ3n) is 5.24. The number of carbonyl (C=O) groups excluding carboxylic acids is 3. The molecule has 1 aliphatic heterocycles. The fourth-order valence-corrected chi connectivity index (χ4v) is 3.67. The summed E-state index contributed by atoms with van der Waals surface area (Å²) in [7, 11) is 2.18. The van der Waals surface area contributed by atoms with Crippen LogP contribution in [0.25, 0.3) is 0 Å². The third-order valence-corrected chi connectivity index (χ3v) is 5.58. The number of nitrogens with zero attached hydrogens (tertiary/aromatic N) is 4. The third kappa shape index (κ3) is 5.14. The molecule has 0 N–H and O–H groups in total. The smallest absolute Gasteiger partial charge is 0.416 e. The Labute approximate surface area is 200 Å². The molecule has 0 spiro atoms. The summed E-state index contributed by atoms with van der Waals surface area (Å²) in [6.07, 6.45) is -4.78. The van der Waals surface area contributed by atoms with Gasteiger partial charge in [0.1, 0.15) is 29.2 Å². The highest BCUT2D eigenvalue weighted by molar-refractivity contribution is 6.31. The molecule has 1 aliphatic rings. The monoisotopic (exact) mass is 520 g/mol. The van der Waals surface area contributed by atoms with E-state index in [1.165, 1.54) is 6.92 Å². The molecule has 0 aliphatic carbocycles. The van der Waals surface area contributed by atoms with Crippen molar-refractivity contribution in [1.29, 1.82) is 0 Å². The molecule has 8 nitrogen and oxygen atoms in total. The molecule has 2 aromatic rings. The summed E-state index contributed by atoms with van der Waals surface area (Å²) in [6, 6.07) is 0.594. The molecule has 1 fully saturated rings. The van der Waals surface area contributed by atoms with E-state index in [9.17, 15) is 36.3 Å². The zero-order valence-corrected chi connectivity index (χ0v) is 19.2. The van der Waals surface area contributed by atoms with Crippen molar-refractivity contribution in [3.05, 3.63) is 52.2 Å². The van der Waals surface area contributed by atoms with Crippen molar-refractivity contribution in [2.24, 2.45) is 0 Å². The number of benzene rings is 1. The van der Waals surface area contributed by atoms with Crippen LogP contribution in [0.4, 0.5) is 38.3 Å². The van der Waals surface area contributed by atoms with Gasteiger partial charge in [0.25, 0.3) is 5.91 Å². The molecule has 3 rings (SSSR count). The van der Waals surface area contributed by atoms with Crippen LogP contribution in [0, 0.1) is 18.6 Å². The van der Waals surface area contributed by atoms with Crippen molar-refractivity contribution >= 4 is 41.0 Å². The van der Waals surface area contributed by atoms with E-state index in [1.54, 1.807) is 0 Å². The minimum Gasteiger partial charge on any atom is -0.468 e. The largest absolute Gasteiger partial charge is 0.468 e. The van der Waals surface area contributed by atoms with Gasteiger partial charge in [-0.05, 0) is 31.2 Å². The van der Waals surface area contributed by atoms with Gasteiger partial charge < -0.3 is 14.5 Å². The number of urea groups is 1. The summed E-state index contributed by atoms with van der Waals surface area (Å²) in [5, 5.41) is -0.871. The number of amides is 3. The van der Waals surface area contributed by atoms with Crippen molar-refractivity contribution < 1.29 is 41.1 Å². The molecular weight excluding hydrogens is 503 g/mol. The van der Waals surface area contributed by atoms with Gasteiger partial charge in [0.05, 0.1) is 24.9 Å². The Bertz CT molecular complexity index is 1190. The zero-order valence-electron chi connectivity index (χ0n) is 18.5. The minimum absolute atomic E-state index is 0.0926. The summed E-state index contributed by atoms with van der Waals surface area (Å²) in [6.45, 7) is 0.211. The Balaban J connectivity index is 2.07. The van der Waals surface area contributed by atoms with Gasteiger partial charge in [-0.25, -0.2) is 18.6 Å². The lowest BCUT2D eigenvalue weighted by Crippen LogP contribution is -2.47. The Morgan fingerprint density at radius 3 is 2.51 bits per heavy atom. The minimum atomic E-state index is -4.78. The van der Waals surface area contributed by atoms with Crippen molar-refractivity contribution in [2.75, 3.05) is 37.0 Å². The van der Waals surface area contributed by atoms with E-state index in [4.69, 9.17) is 11.6 Å². The number of alkyl halides is 3. The van der Waals surface area contributed by atoms with Gasteiger partial charge in [-0.3, -0.25) is 14.5 Å². The Morgan fingerprint density at radius 1 is 1.26 bits per heavy atom. The van der Waals surface area contributed by atoms with Crippen LogP contribution in [0.1, 0.15) is 11.3 Å². The molecule has 1 unspecified atom stereocenters. The highest BCUT2D eigenvalue weighted by Gasteiger charge is 2.46. The molecular formula is C21H18ClF5N4O4. The van der Waals surface area contributed by atoms with Crippen LogP contribution in [-0.4, -0.2) is 61.1 Å². The predicted octanol–water partition coefficient (Wildman–Crippen LogP) is 3.79. The SMILES string of the molecule is COC(=O)CN1CC(C(=O)N(C)c2ccc(F)c(Cl)c2F)N(c2cc(C(F)(F)F)cc(C)n2)C1=O. The quantitative estimate of drug-likeness (QED) is 0.340. The number of hydrogen-bond donors (Lipinski definition) is 0. The molecule has 2 heterocycles. The van der Waals surface area contributed by atoms with E-state index >= 15 is 0 Å². The highest BCUT2D eigenvalue weighted by atomic mass is 35.5. The zero-order chi connectivity index (χ0) is 26.2. The van der Waals surface area contributed by atoms with Crippen molar-refractivity contribution in [2.45, 2.75) is 19.1 Å². The first-order chi connectivity index (χ1) is 16.3. The Kier molecular flexibility index (Phi) is 7.20. The first-order valence-electron chi connectivity index (χ1n) is 9.88. The van der Waals surface area contributed by atoms with Crippen molar-refractivity contribution in [3.8, 4) is 0 Å². The van der Waals surface area contributed by atoms with Crippen LogP contribution in [0.15, 0.2) is 24.3 Å². The number of ether oxygens (including phenoxy) is 1. The van der Waals surface area contributed by atoms with Gasteiger partial charge >= 0.3 is 18.2 Å². The van der Waals surface area contributed by atoms with E-state index < -0.39 is 76.9 Å². The van der Waals surface area contributed by atoms with Gasteiger partial charge in [0.2, 0.25) is 0 Å². The Hall–Kier alpha value is -3.48. The summed E-state index contributed by atoms with van der Waals surface area (Å²) in [4.78, 5) is 44.4. The molecule has 0 saturated carbocycles. The second-order valence-electron chi connectivity index (χ2n) is 7.57. The van der Waals surface area contributed by atoms with Gasteiger partial charge in [-0.2, -0.15) is 13.2 Å². The normalized spacial score (nSPS) is 16.0. The lowest BCUT2D eigenvalue weighted by molar-refractivity contribution is -0.141. The van der Waals surface area contributed by atoms with Crippen LogP contribution in [0.5, 0.6) is 0 Å². The number of aromatic nitrogens is 1. The van der Waals surface area contributed by atoms with Crippen LogP contribution >= 0.6 is 11.6 Å². The van der Waals surface area contributed by atoms with E-state index in [2.05, 4.69) is 9.72 Å². The second-order valence-corrected chi connectivity index (χ2v) is 7.95. The fraction of sp³-hybridized carbons (Fsp3) is 0.333. The van der Waals surface area contributed by atoms with Crippen LogP contribution in [-0.2, 0) is 20.5 Å². The van der Waals surface area contributed by atoms with E-state index in [1.807, 2.05) is 0 Å². The maximum atomic E-state index is 14.5. The number of aryl methyl sites for hydroxylation is 1. The van der Waals surface area contributed by atoms with Crippen molar-refractivity contribution in [3.63, 3.8) is 0 Å². The second kappa shape index (κ2) is 9.64. The van der Waals surface area contributed by atoms with Crippen LogP contribution < -0.4 is 9.80 Å². The van der Waals surface area contributed by atoms with Gasteiger partial charge in [-0.15, -0.1) is 0 Å². The number of methoxy groups -OCH3 is 1. The number of rotatable bonds is 5. The molecule has 1 saturated heterocycles. The number of carbonyl (C=O) groups is 3. The lowest BCUT2D eigenvalue weighted by Gasteiger charge is -2.27. The average molecular weight is 521 g/mol. The van der Waals surface area contributed by atoms with E-state index in [0.717, 1.165) is 42.2 Å². The predicted molar refractivity (Wildman–Crippen MR) is 114 cm³/mol. The van der Waals surface area contributed by atoms with Gasteiger partial charge in [0.15, 0.2) is 5.82 Å². The number of likely N-dealkylation sites (N-methyl/N-ethyl adjacent to an activating group) is 1. The summed E-state index contributed by atoms with van der Waals surface area (Å²) in [5.41, 5.74) is -1.64. The standard InChI is InChI=1S/C21H18ClF5N4O4/c1-10-6-11(21(25,26)27)7-15(28-10)31-14(8-30(20(31)34)9-16(32)35-3)19(33)29(2)13-5-4-12(23)17(22)18(13)24/h4-7,14H,8-9H2,1-3H3. The van der Waals surface area contributed by atoms with Gasteiger partial charge in [-0.1, -0.05) is 11.6 Å². The number of hydrogen-bond acceptors (Lipinski definition) is 5. The Morgan fingerprint density at radius 2 is 1.91 bits per heavy atom. The molecule has 0 bridgehead atoms. The molecule has 3 amide bonds. The van der Waals surface area contributed by atoms with Gasteiger partial charge in [0, 0.05) is 12.7 Å². The highest BCUT2D eigenvalue weighted by Crippen LogP contribution is 2.34. The molecule has 188 valence electrons. The number of halogens is 6. The first kappa shape index (κ1) is 26.1. The van der Waals surface area contributed by atoms with Crippen LogP contribution in [0.2, 0.25) is 5.02 Å². The van der Waals surface area contributed by atoms with E-state index in [-0.39, 0.29) is 5.69 Å². The van der Waals surface area contributed by atoms with E-state index in [0.29, 0.717) is 11.0 Å². The number of esters is 1.